The molecule has 0 spiro atoms. The smallest absolute Gasteiger partial charge is 0.415 e. The number of aromatic hydroxyl groups is 1. The number of unbranched alkanes of at least 4 members (excludes halogenated alkanes) is 2. The minimum absolute atomic E-state index is 0.0142. The highest BCUT2D eigenvalue weighted by Gasteiger charge is 2.45. The summed E-state index contributed by atoms with van der Waals surface area (Å²) in [5, 5.41) is 51.8. The van der Waals surface area contributed by atoms with Gasteiger partial charge >= 0.3 is 18.2 Å². The number of aryl methyl sites for hydroxylation is 1. The van der Waals surface area contributed by atoms with Crippen molar-refractivity contribution in [1.82, 2.24) is 61.6 Å². The number of piperidine rings is 1. The normalized spacial score (nSPS) is 18.0. The van der Waals surface area contributed by atoms with Gasteiger partial charge in [0.1, 0.15) is 48.6 Å². The number of aromatic nitrogens is 4. The van der Waals surface area contributed by atoms with E-state index in [1.54, 1.807) is 94.5 Å². The van der Waals surface area contributed by atoms with Gasteiger partial charge in [0.15, 0.2) is 11.6 Å². The number of benzene rings is 3. The molecule has 4 aliphatic heterocycles. The van der Waals surface area contributed by atoms with Crippen LogP contribution in [0.2, 0.25) is 0 Å². The van der Waals surface area contributed by atoms with E-state index in [1.165, 1.54) is 9.80 Å². The van der Waals surface area contributed by atoms with Gasteiger partial charge in [-0.3, -0.25) is 38.7 Å². The predicted molar refractivity (Wildman–Crippen MR) is 411 cm³/mol. The number of para-hydroxylation sites is 1. The number of aliphatic hydroxyl groups is 1. The standard InChI is InChI=1S/C78H106N16O14S/c1-47(2)67(74(101)93-44-57(95)38-62(93)72(99)83-49(5)53-22-24-54(25-23-53)69-50(6)82-46-109-69)64-40-66(89-108-64)105-37-36-90-32-28-51(29-33-90)41-91-34-35-92-56(42-91)43-94(70-61(92)39-60(87-88-70)58-16-12-13-18-63(58)96)77(104)106-45-52-20-26-55(27-21-52)84-71(98)59(17-15-31-80-75(79)102)85-73(100)68(48(3)4)86-65(97)19-11-10-14-30-81-76(103)107-78(7,8)9/h12-13,16,18,20-27,39-40,46-49,51,56-57,59,62,67-68,95-96H,10-11,14-15,17,19,28-38,41-45H2,1-9H3,(H,81,103)(H,83,99)(H,84,98)(H,85,100)(H,86,97)(H3,79,80,102)/t49-,56+,57+,59-,62-,67+,68-/m0/s1. The molecule has 10 rings (SSSR count). The second-order valence-corrected chi connectivity index (χ2v) is 31.2. The molecule has 3 fully saturated rings. The second kappa shape index (κ2) is 37.9. The van der Waals surface area contributed by atoms with E-state index in [0.717, 1.165) is 60.7 Å². The van der Waals surface area contributed by atoms with Crippen molar-refractivity contribution in [3.63, 3.8) is 0 Å². The number of phenols is 1. The summed E-state index contributed by atoms with van der Waals surface area (Å²) in [5.74, 6) is -2.08. The number of amides is 9. The second-order valence-electron chi connectivity index (χ2n) is 30.4. The first kappa shape index (κ1) is 81.5. The highest BCUT2D eigenvalue weighted by molar-refractivity contribution is 7.13. The molecule has 9 amide bonds. The first-order valence-electron chi connectivity index (χ1n) is 37.8. The van der Waals surface area contributed by atoms with Crippen molar-refractivity contribution in [3.05, 3.63) is 113 Å². The number of likely N-dealkylation sites (tertiary alicyclic amines) is 2. The third kappa shape index (κ3) is 22.6. The number of nitrogens with two attached hydrogens (primary N) is 1. The van der Waals surface area contributed by atoms with Crippen LogP contribution in [0.1, 0.15) is 148 Å². The zero-order valence-electron chi connectivity index (χ0n) is 63.8. The first-order valence-corrected chi connectivity index (χ1v) is 38.7. The molecule has 7 heterocycles. The van der Waals surface area contributed by atoms with E-state index in [0.29, 0.717) is 97.7 Å². The fourth-order valence-electron chi connectivity index (χ4n) is 14.3. The molecular weight excluding hydrogens is 1420 g/mol. The molecule has 0 aliphatic carbocycles. The Bertz CT molecular complexity index is 4090. The van der Waals surface area contributed by atoms with Gasteiger partial charge in [-0.05, 0) is 156 Å². The lowest BCUT2D eigenvalue weighted by Crippen LogP contribution is -2.61. The van der Waals surface area contributed by atoms with Crippen molar-refractivity contribution >= 4 is 76.3 Å². The van der Waals surface area contributed by atoms with Gasteiger partial charge < -0.3 is 76.4 Å². The number of thiazole rings is 1. The molecule has 4 aliphatic rings. The maximum Gasteiger partial charge on any atom is 0.415 e. The van der Waals surface area contributed by atoms with Gasteiger partial charge in [-0.15, -0.1) is 21.5 Å². The van der Waals surface area contributed by atoms with E-state index in [9.17, 15) is 48.6 Å². The van der Waals surface area contributed by atoms with Crippen molar-refractivity contribution in [2.24, 2.45) is 23.5 Å². The quantitative estimate of drug-likeness (QED) is 0.0179. The summed E-state index contributed by atoms with van der Waals surface area (Å²) >= 11 is 1.57. The number of ether oxygens (including phenoxy) is 3. The van der Waals surface area contributed by atoms with Gasteiger partial charge in [0.05, 0.1) is 52.2 Å². The van der Waals surface area contributed by atoms with Gasteiger partial charge in [-0.25, -0.2) is 19.4 Å². The average Bonchev–Trinajstić information content (AvgIpc) is 1.37. The summed E-state index contributed by atoms with van der Waals surface area (Å²) < 4.78 is 23.2. The Morgan fingerprint density at radius 1 is 0.789 bits per heavy atom. The summed E-state index contributed by atoms with van der Waals surface area (Å²) in [6, 6.07) is 21.0. The van der Waals surface area contributed by atoms with Crippen molar-refractivity contribution < 1.29 is 67.3 Å². The molecule has 10 N–H and O–H groups in total. The number of anilines is 3. The van der Waals surface area contributed by atoms with Crippen LogP contribution in [0.4, 0.5) is 31.6 Å². The van der Waals surface area contributed by atoms with Gasteiger partial charge in [0.2, 0.25) is 29.5 Å². The number of rotatable bonds is 32. The lowest BCUT2D eigenvalue weighted by Gasteiger charge is -2.48. The van der Waals surface area contributed by atoms with Crippen LogP contribution < -0.4 is 52.2 Å². The Hall–Kier alpha value is -9.98. The van der Waals surface area contributed by atoms with Crippen molar-refractivity contribution in [1.29, 1.82) is 0 Å². The maximum absolute atomic E-state index is 14.4. The zero-order valence-corrected chi connectivity index (χ0v) is 64.6. The summed E-state index contributed by atoms with van der Waals surface area (Å²) in [5.41, 5.74) is 12.0. The van der Waals surface area contributed by atoms with Crippen LogP contribution in [0.25, 0.3) is 21.7 Å². The maximum atomic E-state index is 14.4. The number of aliphatic hydroxyl groups excluding tert-OH is 1. The summed E-state index contributed by atoms with van der Waals surface area (Å²) in [6.45, 7) is 23.0. The number of primary amides is 1. The highest BCUT2D eigenvalue weighted by atomic mass is 32.1. The minimum Gasteiger partial charge on any atom is -0.507 e. The zero-order chi connectivity index (χ0) is 78.1. The fourth-order valence-corrected chi connectivity index (χ4v) is 15.1. The molecule has 0 unspecified atom stereocenters. The van der Waals surface area contributed by atoms with E-state index in [4.69, 9.17) is 24.5 Å². The van der Waals surface area contributed by atoms with Crippen LogP contribution >= 0.6 is 11.3 Å². The minimum atomic E-state index is -1.08. The third-order valence-corrected chi connectivity index (χ3v) is 21.1. The Labute approximate surface area is 640 Å². The monoisotopic (exact) mass is 1520 g/mol. The van der Waals surface area contributed by atoms with Crippen LogP contribution in [-0.4, -0.2) is 207 Å². The van der Waals surface area contributed by atoms with Crippen molar-refractivity contribution in [2.75, 3.05) is 93.7 Å². The number of urea groups is 1. The number of nitrogens with one attached hydrogen (secondary N) is 6. The van der Waals surface area contributed by atoms with Crippen LogP contribution in [0.15, 0.2) is 95.0 Å². The number of carbonyl (C=O) groups excluding carboxylic acids is 8. The number of carbonyl (C=O) groups is 8. The number of phenolic OH excluding ortho intramolecular Hbond substituents is 1. The lowest BCUT2D eigenvalue weighted by atomic mass is 9.91. The Kier molecular flexibility index (Phi) is 28.4. The van der Waals surface area contributed by atoms with Crippen LogP contribution in [0.3, 0.4) is 0 Å². The van der Waals surface area contributed by atoms with Gasteiger partial charge in [0, 0.05) is 82.5 Å². The Morgan fingerprint density at radius 2 is 1.53 bits per heavy atom. The first-order chi connectivity index (χ1) is 52.1. The topological polar surface area (TPSA) is 384 Å². The number of alkyl carbamates (subject to hydrolysis) is 1. The molecule has 6 aromatic rings. The summed E-state index contributed by atoms with van der Waals surface area (Å²) in [7, 11) is 0. The summed E-state index contributed by atoms with van der Waals surface area (Å²) in [6.07, 6.45) is 2.37. The van der Waals surface area contributed by atoms with Gasteiger partial charge in [0.25, 0.3) is 5.88 Å². The Balaban J connectivity index is 0.693. The van der Waals surface area contributed by atoms with Crippen molar-refractivity contribution in [3.8, 4) is 33.3 Å². The predicted octanol–water partition coefficient (Wildman–Crippen LogP) is 8.38. The molecule has 588 valence electrons. The van der Waals surface area contributed by atoms with Crippen LogP contribution in [0.5, 0.6) is 11.6 Å². The Morgan fingerprint density at radius 3 is 2.23 bits per heavy atom. The van der Waals surface area contributed by atoms with E-state index < -0.39 is 65.8 Å². The SMILES string of the molecule is Cc1ncsc1-c1ccc([C@H](C)NC(=O)[C@@H]2C[C@@H](O)CN2C(=O)[C@@H](c2cc(OCCN3CCC(CN4CCN5c6cc(-c7ccccc7O)nnc6N(C(=O)OCc6ccc(NC(=O)[C@H](CCCNC(N)=O)NC(=O)[C@@H](NC(=O)CCCCCNC(=O)OC(C)(C)C)C(C)C)cc6)C[C@H]5C4)CC3)no2)C(C)C)cc1. The molecule has 7 atom stereocenters. The van der Waals surface area contributed by atoms with E-state index in [2.05, 4.69) is 66.9 Å². The van der Waals surface area contributed by atoms with Gasteiger partial charge in [-0.1, -0.05) is 82.6 Å². The molecular formula is C78H106N16O14S. The molecule has 3 aromatic heterocycles. The van der Waals surface area contributed by atoms with Crippen molar-refractivity contribution in [2.45, 2.75) is 175 Å². The highest BCUT2D eigenvalue weighted by Crippen LogP contribution is 2.40. The molecule has 0 bridgehead atoms. The number of nitrogens with zero attached hydrogens (tertiary/aromatic N) is 9. The lowest BCUT2D eigenvalue weighted by molar-refractivity contribution is -0.141. The average molecular weight is 1520 g/mol. The van der Waals surface area contributed by atoms with Crippen LogP contribution in [0, 0.1) is 24.7 Å². The molecule has 31 heteroatoms. The third-order valence-electron chi connectivity index (χ3n) is 20.1. The largest absolute Gasteiger partial charge is 0.507 e. The number of hydrogen-bond acceptors (Lipinski definition) is 22. The number of β-amino-alcohol motifs (C(OH)–C–C–N with tert-alkyl or cyclic N) is 1. The number of hydrogen-bond donors (Lipinski definition) is 9. The number of fused-ring (bicyclic) bond motifs is 3. The van der Waals surface area contributed by atoms with Gasteiger partial charge in [-0.2, -0.15) is 0 Å². The fraction of sp³-hybridized carbons (Fsp3) is 0.538. The van der Waals surface area contributed by atoms with E-state index in [-0.39, 0.29) is 105 Å². The van der Waals surface area contributed by atoms with Crippen LogP contribution in [-0.2, 0) is 40.1 Å². The molecule has 30 nitrogen and oxygen atoms in total. The molecule has 0 radical (unpaired) electrons. The molecule has 3 saturated heterocycles. The molecule has 109 heavy (non-hydrogen) atoms. The molecule has 3 aromatic carbocycles. The van der Waals surface area contributed by atoms with E-state index in [1.807, 2.05) is 69.6 Å². The summed E-state index contributed by atoms with van der Waals surface area (Å²) in [4.78, 5) is 123. The number of piperazine rings is 1. The van der Waals surface area contributed by atoms with E-state index >= 15 is 0 Å². The molecule has 0 saturated carbocycles.